The van der Waals surface area contributed by atoms with Crippen molar-refractivity contribution < 1.29 is 14.3 Å². The van der Waals surface area contributed by atoms with Crippen LogP contribution in [0.2, 0.25) is 0 Å². The predicted octanol–water partition coefficient (Wildman–Crippen LogP) is 5.89. The minimum absolute atomic E-state index is 0.151. The van der Waals surface area contributed by atoms with Crippen LogP contribution in [0.3, 0.4) is 0 Å². The minimum Gasteiger partial charge on any atom is -0.487 e. The van der Waals surface area contributed by atoms with E-state index >= 15 is 0 Å². The standard InChI is InChI=1S/C34H37N5O3/c1-22-10-15-30(24(3)29(22)21-42-31-9-5-7-27-14-11-23(2)37-34(27)31)39-18-6-8-28(39)20-36-33(41)17-13-26-12-16-32(35-19-26)38-25(4)40/h5,7,9-17,19,28H,6,8,18,20-21H2,1-4H3,(H,36,41)(H,35,38,40)/b17-13+/t28-/m0/s1. The average molecular weight is 564 g/mol. The van der Waals surface area contributed by atoms with E-state index in [1.165, 1.54) is 35.4 Å². The van der Waals surface area contributed by atoms with Crippen molar-refractivity contribution in [1.82, 2.24) is 15.3 Å². The van der Waals surface area contributed by atoms with Crippen molar-refractivity contribution in [2.24, 2.45) is 0 Å². The monoisotopic (exact) mass is 563 g/mol. The van der Waals surface area contributed by atoms with E-state index in [4.69, 9.17) is 9.72 Å². The number of pyridine rings is 2. The SMILES string of the molecule is CC(=O)Nc1ccc(/C=C/C(=O)NC[C@@H]2CCCN2c2ccc(C)c(COc3cccc4ccc(C)nc34)c2C)cn1. The average Bonchev–Trinajstić information content (AvgIpc) is 3.44. The van der Waals surface area contributed by atoms with Gasteiger partial charge in [-0.1, -0.05) is 24.3 Å². The van der Waals surface area contributed by atoms with Crippen molar-refractivity contribution in [1.29, 1.82) is 0 Å². The van der Waals surface area contributed by atoms with E-state index in [1.54, 1.807) is 24.4 Å². The maximum atomic E-state index is 12.6. The van der Waals surface area contributed by atoms with E-state index in [2.05, 4.69) is 58.6 Å². The van der Waals surface area contributed by atoms with Crippen molar-refractivity contribution >= 4 is 40.3 Å². The number of carbonyl (C=O) groups excluding carboxylic acids is 2. The van der Waals surface area contributed by atoms with Gasteiger partial charge in [-0.3, -0.25) is 9.59 Å². The third-order valence-electron chi connectivity index (χ3n) is 7.71. The van der Waals surface area contributed by atoms with Gasteiger partial charge in [-0.2, -0.15) is 0 Å². The van der Waals surface area contributed by atoms with Crippen LogP contribution in [0, 0.1) is 20.8 Å². The number of hydrogen-bond donors (Lipinski definition) is 2. The first kappa shape index (κ1) is 28.8. The zero-order valence-corrected chi connectivity index (χ0v) is 24.6. The molecule has 8 heteroatoms. The van der Waals surface area contributed by atoms with Crippen LogP contribution in [-0.2, 0) is 16.2 Å². The van der Waals surface area contributed by atoms with Crippen LogP contribution in [-0.4, -0.2) is 40.9 Å². The van der Waals surface area contributed by atoms with Crippen LogP contribution >= 0.6 is 0 Å². The van der Waals surface area contributed by atoms with Crippen LogP contribution in [0.1, 0.15) is 47.7 Å². The number of rotatable bonds is 9. The molecule has 8 nitrogen and oxygen atoms in total. The Labute approximate surface area is 246 Å². The molecule has 1 aliphatic heterocycles. The van der Waals surface area contributed by atoms with Crippen LogP contribution in [0.5, 0.6) is 5.75 Å². The number of hydrogen-bond acceptors (Lipinski definition) is 6. The number of carbonyl (C=O) groups is 2. The Bertz CT molecular complexity index is 1630. The Hall–Kier alpha value is -4.72. The maximum absolute atomic E-state index is 12.6. The molecule has 0 bridgehead atoms. The van der Waals surface area contributed by atoms with Crippen LogP contribution in [0.25, 0.3) is 17.0 Å². The Balaban J connectivity index is 1.23. The zero-order valence-electron chi connectivity index (χ0n) is 24.6. The summed E-state index contributed by atoms with van der Waals surface area (Å²) < 4.78 is 6.36. The highest BCUT2D eigenvalue weighted by Gasteiger charge is 2.27. The predicted molar refractivity (Wildman–Crippen MR) is 168 cm³/mol. The highest BCUT2D eigenvalue weighted by atomic mass is 16.5. The number of ether oxygens (including phenoxy) is 1. The largest absolute Gasteiger partial charge is 0.487 e. The van der Waals surface area contributed by atoms with E-state index in [9.17, 15) is 9.59 Å². The molecule has 0 unspecified atom stereocenters. The molecule has 1 saturated heterocycles. The van der Waals surface area contributed by atoms with Gasteiger partial charge >= 0.3 is 0 Å². The molecule has 0 radical (unpaired) electrons. The Morgan fingerprint density at radius 3 is 2.71 bits per heavy atom. The summed E-state index contributed by atoms with van der Waals surface area (Å²) in [5, 5.41) is 6.76. The molecule has 0 spiro atoms. The van der Waals surface area contributed by atoms with Gasteiger partial charge in [0.05, 0.1) is 0 Å². The number of aryl methyl sites for hydroxylation is 2. The molecular weight excluding hydrogens is 526 g/mol. The second-order valence-corrected chi connectivity index (χ2v) is 10.8. The lowest BCUT2D eigenvalue weighted by Crippen LogP contribution is -2.40. The van der Waals surface area contributed by atoms with Gasteiger partial charge in [-0.15, -0.1) is 0 Å². The lowest BCUT2D eigenvalue weighted by molar-refractivity contribution is -0.116. The van der Waals surface area contributed by atoms with E-state index in [0.717, 1.165) is 47.3 Å². The smallest absolute Gasteiger partial charge is 0.244 e. The van der Waals surface area contributed by atoms with Crippen LogP contribution in [0.4, 0.5) is 11.5 Å². The molecule has 3 heterocycles. The molecule has 42 heavy (non-hydrogen) atoms. The number of fused-ring (bicyclic) bond motifs is 1. The molecule has 216 valence electrons. The highest BCUT2D eigenvalue weighted by Crippen LogP contribution is 2.33. The number of benzene rings is 2. The second kappa shape index (κ2) is 12.9. The zero-order chi connectivity index (χ0) is 29.6. The summed E-state index contributed by atoms with van der Waals surface area (Å²) in [4.78, 5) is 35.1. The Morgan fingerprint density at radius 1 is 1.07 bits per heavy atom. The summed E-state index contributed by atoms with van der Waals surface area (Å²) in [5.74, 6) is 0.938. The molecule has 2 amide bonds. The van der Waals surface area contributed by atoms with Gasteiger partial charge in [0, 0.05) is 55.1 Å². The summed E-state index contributed by atoms with van der Waals surface area (Å²) >= 11 is 0. The summed E-state index contributed by atoms with van der Waals surface area (Å²) in [6.07, 6.45) is 6.94. The molecule has 0 aliphatic carbocycles. The first-order chi connectivity index (χ1) is 20.3. The second-order valence-electron chi connectivity index (χ2n) is 10.8. The van der Waals surface area contributed by atoms with Gasteiger partial charge in [0.1, 0.15) is 23.7 Å². The topological polar surface area (TPSA) is 96.5 Å². The quantitative estimate of drug-likeness (QED) is 0.247. The normalized spacial score (nSPS) is 14.9. The first-order valence-electron chi connectivity index (χ1n) is 14.3. The molecule has 1 fully saturated rings. The van der Waals surface area contributed by atoms with Crippen molar-refractivity contribution in [2.75, 3.05) is 23.3 Å². The fraction of sp³-hybridized carbons (Fsp3) is 0.294. The van der Waals surface area contributed by atoms with E-state index < -0.39 is 0 Å². The fourth-order valence-electron chi connectivity index (χ4n) is 5.47. The van der Waals surface area contributed by atoms with Crippen molar-refractivity contribution in [3.63, 3.8) is 0 Å². The van der Waals surface area contributed by atoms with Gasteiger partial charge in [0.2, 0.25) is 11.8 Å². The summed E-state index contributed by atoms with van der Waals surface area (Å²) in [5.41, 5.74) is 7.37. The van der Waals surface area contributed by atoms with Gasteiger partial charge < -0.3 is 20.3 Å². The lowest BCUT2D eigenvalue weighted by Gasteiger charge is -2.30. The summed E-state index contributed by atoms with van der Waals surface area (Å²) in [6, 6.07) is 18.2. The lowest BCUT2D eigenvalue weighted by atomic mass is 10.0. The molecule has 2 aromatic heterocycles. The first-order valence-corrected chi connectivity index (χ1v) is 14.3. The molecular formula is C34H37N5O3. The summed E-state index contributed by atoms with van der Waals surface area (Å²) in [6.45, 7) is 9.67. The molecule has 1 atom stereocenters. The van der Waals surface area contributed by atoms with Gasteiger partial charge in [0.15, 0.2) is 0 Å². The van der Waals surface area contributed by atoms with Gasteiger partial charge in [-0.25, -0.2) is 9.97 Å². The highest BCUT2D eigenvalue weighted by molar-refractivity contribution is 5.92. The molecule has 5 rings (SSSR count). The molecule has 2 aromatic carbocycles. The third-order valence-corrected chi connectivity index (χ3v) is 7.71. The minimum atomic E-state index is -0.176. The van der Waals surface area contributed by atoms with Crippen molar-refractivity contribution in [2.45, 2.75) is 53.2 Å². The van der Waals surface area contributed by atoms with Gasteiger partial charge in [0.25, 0.3) is 0 Å². The number of para-hydroxylation sites is 1. The number of nitrogens with one attached hydrogen (secondary N) is 2. The van der Waals surface area contributed by atoms with Gasteiger partial charge in [-0.05, 0) is 92.3 Å². The number of nitrogens with zero attached hydrogens (tertiary/aromatic N) is 3. The van der Waals surface area contributed by atoms with E-state index in [0.29, 0.717) is 19.0 Å². The molecule has 4 aromatic rings. The fourth-order valence-corrected chi connectivity index (χ4v) is 5.47. The molecule has 2 N–H and O–H groups in total. The molecule has 1 aliphatic rings. The maximum Gasteiger partial charge on any atom is 0.244 e. The third kappa shape index (κ3) is 6.77. The number of amides is 2. The van der Waals surface area contributed by atoms with Crippen molar-refractivity contribution in [3.05, 3.63) is 94.8 Å². The van der Waals surface area contributed by atoms with Crippen LogP contribution in [0.15, 0.2) is 66.9 Å². The molecule has 0 saturated carbocycles. The Kier molecular flexibility index (Phi) is 8.81. The van der Waals surface area contributed by atoms with Crippen LogP contribution < -0.4 is 20.3 Å². The Morgan fingerprint density at radius 2 is 1.93 bits per heavy atom. The number of aromatic nitrogens is 2. The van der Waals surface area contributed by atoms with E-state index in [1.807, 2.05) is 25.1 Å². The number of anilines is 2. The van der Waals surface area contributed by atoms with E-state index in [-0.39, 0.29) is 17.9 Å². The van der Waals surface area contributed by atoms with Crippen molar-refractivity contribution in [3.8, 4) is 5.75 Å². The summed E-state index contributed by atoms with van der Waals surface area (Å²) in [7, 11) is 0.